The molecular formula is C26H26N2O2. The van der Waals surface area contributed by atoms with Gasteiger partial charge in [-0.25, -0.2) is 4.98 Å². The molecule has 0 saturated heterocycles. The highest BCUT2D eigenvalue weighted by atomic mass is 16.5. The third-order valence-corrected chi connectivity index (χ3v) is 5.19. The first-order valence-corrected chi connectivity index (χ1v) is 10.1. The van der Waals surface area contributed by atoms with E-state index in [1.165, 1.54) is 0 Å². The molecule has 1 aromatic heterocycles. The highest BCUT2D eigenvalue weighted by molar-refractivity contribution is 5.79. The van der Waals surface area contributed by atoms with Crippen molar-refractivity contribution in [2.24, 2.45) is 0 Å². The molecule has 30 heavy (non-hydrogen) atoms. The van der Waals surface area contributed by atoms with Gasteiger partial charge in [0.15, 0.2) is 0 Å². The van der Waals surface area contributed by atoms with Gasteiger partial charge in [-0.2, -0.15) is 0 Å². The maximum absolute atomic E-state index is 6.15. The fourth-order valence-corrected chi connectivity index (χ4v) is 3.61. The van der Waals surface area contributed by atoms with Crippen molar-refractivity contribution in [3.8, 4) is 11.5 Å². The third kappa shape index (κ3) is 4.23. The van der Waals surface area contributed by atoms with E-state index in [1.807, 2.05) is 42.5 Å². The van der Waals surface area contributed by atoms with Crippen molar-refractivity contribution in [3.05, 3.63) is 89.2 Å². The number of fused-ring (bicyclic) bond motifs is 1. The molecule has 0 saturated carbocycles. The van der Waals surface area contributed by atoms with Crippen molar-refractivity contribution >= 4 is 23.2 Å². The van der Waals surface area contributed by atoms with E-state index in [1.54, 1.807) is 7.11 Å². The zero-order valence-corrected chi connectivity index (χ0v) is 17.6. The molecule has 152 valence electrons. The van der Waals surface area contributed by atoms with E-state index < -0.39 is 0 Å². The van der Waals surface area contributed by atoms with Crippen molar-refractivity contribution in [1.29, 1.82) is 0 Å². The van der Waals surface area contributed by atoms with Gasteiger partial charge in [-0.3, -0.25) is 0 Å². The van der Waals surface area contributed by atoms with Gasteiger partial charge in [0.25, 0.3) is 0 Å². The summed E-state index contributed by atoms with van der Waals surface area (Å²) in [4.78, 5) is 4.82. The Labute approximate surface area is 177 Å². The van der Waals surface area contributed by atoms with Gasteiger partial charge in [0.05, 0.1) is 24.7 Å². The second-order valence-electron chi connectivity index (χ2n) is 7.29. The van der Waals surface area contributed by atoms with Gasteiger partial charge < -0.3 is 14.0 Å². The van der Waals surface area contributed by atoms with Crippen LogP contribution < -0.4 is 9.47 Å². The number of hydrogen-bond donors (Lipinski definition) is 0. The van der Waals surface area contributed by atoms with Crippen LogP contribution in [0.4, 0.5) is 0 Å². The van der Waals surface area contributed by atoms with Crippen molar-refractivity contribution < 1.29 is 9.47 Å². The number of aromatic nitrogens is 2. The van der Waals surface area contributed by atoms with Crippen LogP contribution in [0.25, 0.3) is 23.2 Å². The topological polar surface area (TPSA) is 36.3 Å². The smallest absolute Gasteiger partial charge is 0.133 e. The minimum atomic E-state index is 0.579. The summed E-state index contributed by atoms with van der Waals surface area (Å²) in [5.41, 5.74) is 5.51. The summed E-state index contributed by atoms with van der Waals surface area (Å²) < 4.78 is 13.6. The SMILES string of the molecule is COc1ccc(/C=C/c2nc3ccccc3n2CCOc2c(C)cccc2C)cc1. The average Bonchev–Trinajstić information content (AvgIpc) is 3.12. The van der Waals surface area contributed by atoms with Gasteiger partial charge in [0.2, 0.25) is 0 Å². The Morgan fingerprint density at radius 2 is 1.60 bits per heavy atom. The van der Waals surface area contributed by atoms with Crippen LogP contribution in [-0.2, 0) is 6.54 Å². The molecule has 0 unspecified atom stereocenters. The van der Waals surface area contributed by atoms with Crippen LogP contribution in [0.2, 0.25) is 0 Å². The number of benzene rings is 3. The molecule has 0 amide bonds. The molecule has 0 spiro atoms. The quantitative estimate of drug-likeness (QED) is 0.388. The Bertz CT molecular complexity index is 1150. The second-order valence-corrected chi connectivity index (χ2v) is 7.29. The summed E-state index contributed by atoms with van der Waals surface area (Å²) in [5, 5.41) is 0. The standard InChI is InChI=1S/C26H26N2O2/c1-19-7-6-8-20(2)26(19)30-18-17-28-24-10-5-4-9-23(24)27-25(28)16-13-21-11-14-22(29-3)15-12-21/h4-16H,17-18H2,1-3H3/b16-13+. The van der Waals surface area contributed by atoms with Crippen LogP contribution in [-0.4, -0.2) is 23.3 Å². The lowest BCUT2D eigenvalue weighted by Gasteiger charge is -2.13. The number of methoxy groups -OCH3 is 1. The molecule has 0 N–H and O–H groups in total. The average molecular weight is 399 g/mol. The molecule has 4 heteroatoms. The molecule has 4 rings (SSSR count). The maximum Gasteiger partial charge on any atom is 0.133 e. The van der Waals surface area contributed by atoms with Crippen LogP contribution in [0.15, 0.2) is 66.7 Å². The van der Waals surface area contributed by atoms with Gasteiger partial charge >= 0.3 is 0 Å². The molecule has 0 bridgehead atoms. The zero-order chi connectivity index (χ0) is 20.9. The molecule has 0 aliphatic rings. The van der Waals surface area contributed by atoms with Crippen LogP contribution in [0.3, 0.4) is 0 Å². The van der Waals surface area contributed by atoms with Crippen LogP contribution in [0, 0.1) is 13.8 Å². The lowest BCUT2D eigenvalue weighted by molar-refractivity contribution is 0.296. The molecule has 4 nitrogen and oxygen atoms in total. The Morgan fingerprint density at radius 3 is 2.33 bits per heavy atom. The zero-order valence-electron chi connectivity index (χ0n) is 17.6. The van der Waals surface area contributed by atoms with Crippen molar-refractivity contribution in [2.75, 3.05) is 13.7 Å². The van der Waals surface area contributed by atoms with E-state index in [9.17, 15) is 0 Å². The first-order valence-electron chi connectivity index (χ1n) is 10.1. The summed E-state index contributed by atoms with van der Waals surface area (Å²) >= 11 is 0. The van der Waals surface area contributed by atoms with E-state index in [2.05, 4.69) is 54.8 Å². The number of ether oxygens (including phenoxy) is 2. The van der Waals surface area contributed by atoms with Gasteiger partial charge in [0, 0.05) is 0 Å². The number of para-hydroxylation sites is 3. The highest BCUT2D eigenvalue weighted by Gasteiger charge is 2.09. The minimum Gasteiger partial charge on any atom is -0.497 e. The maximum atomic E-state index is 6.15. The highest BCUT2D eigenvalue weighted by Crippen LogP contribution is 2.23. The van der Waals surface area contributed by atoms with Gasteiger partial charge in [0.1, 0.15) is 23.9 Å². The van der Waals surface area contributed by atoms with Crippen molar-refractivity contribution in [3.63, 3.8) is 0 Å². The molecular weight excluding hydrogens is 372 g/mol. The molecule has 4 aromatic rings. The van der Waals surface area contributed by atoms with Crippen LogP contribution >= 0.6 is 0 Å². The minimum absolute atomic E-state index is 0.579. The molecule has 0 radical (unpaired) electrons. The summed E-state index contributed by atoms with van der Waals surface area (Å²) in [6.07, 6.45) is 4.13. The predicted molar refractivity (Wildman–Crippen MR) is 123 cm³/mol. The Kier molecular flexibility index (Phi) is 5.84. The molecule has 0 atom stereocenters. The van der Waals surface area contributed by atoms with Gasteiger partial charge in [-0.1, -0.05) is 48.5 Å². The Morgan fingerprint density at radius 1 is 0.867 bits per heavy atom. The fraction of sp³-hybridized carbons (Fsp3) is 0.192. The molecule has 1 heterocycles. The molecule has 0 aliphatic heterocycles. The number of nitrogens with zero attached hydrogens (tertiary/aromatic N) is 2. The largest absolute Gasteiger partial charge is 0.497 e. The summed E-state index contributed by atoms with van der Waals surface area (Å²) in [5.74, 6) is 2.73. The third-order valence-electron chi connectivity index (χ3n) is 5.19. The molecule has 0 aliphatic carbocycles. The molecule has 0 fully saturated rings. The first kappa shape index (κ1) is 19.8. The first-order chi connectivity index (χ1) is 14.7. The van der Waals surface area contributed by atoms with Crippen molar-refractivity contribution in [1.82, 2.24) is 9.55 Å². The normalized spacial score (nSPS) is 11.3. The lowest BCUT2D eigenvalue weighted by Crippen LogP contribution is -2.10. The van der Waals surface area contributed by atoms with Crippen molar-refractivity contribution in [2.45, 2.75) is 20.4 Å². The predicted octanol–water partition coefficient (Wildman–Crippen LogP) is 5.91. The fourth-order valence-electron chi connectivity index (χ4n) is 3.61. The van der Waals surface area contributed by atoms with E-state index in [-0.39, 0.29) is 0 Å². The van der Waals surface area contributed by atoms with E-state index in [0.717, 1.165) is 51.6 Å². The van der Waals surface area contributed by atoms with E-state index in [4.69, 9.17) is 14.5 Å². The summed E-state index contributed by atoms with van der Waals surface area (Å²) in [7, 11) is 1.67. The van der Waals surface area contributed by atoms with Crippen LogP contribution in [0.1, 0.15) is 22.5 Å². The van der Waals surface area contributed by atoms with E-state index >= 15 is 0 Å². The monoisotopic (exact) mass is 398 g/mol. The molecule has 3 aromatic carbocycles. The number of hydrogen-bond acceptors (Lipinski definition) is 3. The van der Waals surface area contributed by atoms with Gasteiger partial charge in [-0.15, -0.1) is 0 Å². The number of imidazole rings is 1. The lowest BCUT2D eigenvalue weighted by atomic mass is 10.1. The summed E-state index contributed by atoms with van der Waals surface area (Å²) in [6, 6.07) is 22.4. The number of aryl methyl sites for hydroxylation is 2. The second kappa shape index (κ2) is 8.87. The van der Waals surface area contributed by atoms with Crippen LogP contribution in [0.5, 0.6) is 11.5 Å². The summed E-state index contributed by atoms with van der Waals surface area (Å²) in [6.45, 7) is 5.46. The van der Waals surface area contributed by atoms with Gasteiger partial charge in [-0.05, 0) is 60.9 Å². The van der Waals surface area contributed by atoms with E-state index in [0.29, 0.717) is 6.61 Å². The Balaban J connectivity index is 1.57. The number of rotatable bonds is 7. The Hall–Kier alpha value is -3.53.